The Labute approximate surface area is 475 Å². The Bertz CT molecular complexity index is 1210. The molecule has 460 valence electrons. The molecule has 1 amide bonds. The fourth-order valence-electron chi connectivity index (χ4n) is 11.4. The predicted octanol–water partition coefficient (Wildman–Crippen LogP) is 15.7. The second-order valence-corrected chi connectivity index (χ2v) is 24.3. The highest BCUT2D eigenvalue weighted by Crippen LogP contribution is 2.24. The van der Waals surface area contributed by atoms with Crippen molar-refractivity contribution < 1.29 is 50.0 Å². The van der Waals surface area contributed by atoms with E-state index in [2.05, 4.69) is 19.2 Å². The van der Waals surface area contributed by atoms with Gasteiger partial charge in [0, 0.05) is 0 Å². The second kappa shape index (κ2) is 55.6. The Hall–Kier alpha value is -0.890. The SMILES string of the molecule is CCCCCCCCCCCCCCCCCCCCCCCCCCCCCCC(O)C(=O)NC(COC1OC(CO)C(O)C(O)C1O)C(O)C(O)CCCCCCCCCCCCCCCCCCCCCCCC. The van der Waals surface area contributed by atoms with E-state index in [1.807, 2.05) is 0 Å². The van der Waals surface area contributed by atoms with Crippen LogP contribution < -0.4 is 5.32 Å². The number of amides is 1. The summed E-state index contributed by atoms with van der Waals surface area (Å²) in [5, 5.41) is 76.5. The van der Waals surface area contributed by atoms with Crippen molar-refractivity contribution in [2.75, 3.05) is 13.2 Å². The Morgan fingerprint density at radius 2 is 0.675 bits per heavy atom. The van der Waals surface area contributed by atoms with Crippen LogP contribution in [0.25, 0.3) is 0 Å². The van der Waals surface area contributed by atoms with Crippen molar-refractivity contribution >= 4 is 5.91 Å². The van der Waals surface area contributed by atoms with E-state index < -0.39 is 74.2 Å². The summed E-state index contributed by atoms with van der Waals surface area (Å²) in [6, 6.07) is -1.16. The molecular formula is C66H131NO10. The van der Waals surface area contributed by atoms with E-state index >= 15 is 0 Å². The molecule has 9 atom stereocenters. The molecule has 0 aromatic carbocycles. The lowest BCUT2D eigenvalue weighted by molar-refractivity contribution is -0.303. The molecule has 0 saturated carbocycles. The fraction of sp³-hybridized carbons (Fsp3) is 0.985. The number of rotatable bonds is 60. The van der Waals surface area contributed by atoms with Gasteiger partial charge in [-0.15, -0.1) is 0 Å². The van der Waals surface area contributed by atoms with Crippen LogP contribution in [0.3, 0.4) is 0 Å². The van der Waals surface area contributed by atoms with Gasteiger partial charge >= 0.3 is 0 Å². The summed E-state index contributed by atoms with van der Waals surface area (Å²) in [4.78, 5) is 13.2. The number of carbonyl (C=O) groups is 1. The quantitative estimate of drug-likeness (QED) is 0.0272. The van der Waals surface area contributed by atoms with Gasteiger partial charge in [-0.1, -0.05) is 335 Å². The number of unbranched alkanes of at least 4 members (excludes halogenated alkanes) is 48. The second-order valence-electron chi connectivity index (χ2n) is 24.3. The Morgan fingerprint density at radius 1 is 0.403 bits per heavy atom. The number of nitrogens with one attached hydrogen (secondary N) is 1. The highest BCUT2D eigenvalue weighted by atomic mass is 16.7. The number of hydrogen-bond donors (Lipinski definition) is 8. The highest BCUT2D eigenvalue weighted by Gasteiger charge is 2.44. The van der Waals surface area contributed by atoms with Gasteiger partial charge in [-0.25, -0.2) is 0 Å². The van der Waals surface area contributed by atoms with E-state index in [1.165, 1.54) is 270 Å². The third-order valence-electron chi connectivity index (χ3n) is 16.9. The maximum absolute atomic E-state index is 13.2. The molecule has 11 nitrogen and oxygen atoms in total. The van der Waals surface area contributed by atoms with Crippen LogP contribution in [-0.4, -0.2) is 110 Å². The topological polar surface area (TPSA) is 189 Å². The van der Waals surface area contributed by atoms with Crippen LogP contribution in [0.5, 0.6) is 0 Å². The summed E-state index contributed by atoms with van der Waals surface area (Å²) in [6.45, 7) is 3.52. The van der Waals surface area contributed by atoms with Gasteiger partial charge in [0.1, 0.15) is 36.6 Å². The van der Waals surface area contributed by atoms with E-state index in [4.69, 9.17) is 9.47 Å². The third-order valence-corrected chi connectivity index (χ3v) is 16.9. The molecule has 8 N–H and O–H groups in total. The summed E-state index contributed by atoms with van der Waals surface area (Å²) in [5.41, 5.74) is 0. The zero-order valence-corrected chi connectivity index (χ0v) is 50.7. The van der Waals surface area contributed by atoms with Gasteiger partial charge in [-0.3, -0.25) is 4.79 Å². The lowest BCUT2D eigenvalue weighted by Crippen LogP contribution is -2.60. The zero-order chi connectivity index (χ0) is 56.1. The van der Waals surface area contributed by atoms with E-state index in [0.29, 0.717) is 19.3 Å². The summed E-state index contributed by atoms with van der Waals surface area (Å²) >= 11 is 0. The van der Waals surface area contributed by atoms with Crippen molar-refractivity contribution in [3.8, 4) is 0 Å². The normalized spacial score (nSPS) is 19.4. The van der Waals surface area contributed by atoms with Gasteiger partial charge in [0.05, 0.1) is 25.4 Å². The third kappa shape index (κ3) is 43.5. The molecule has 1 aliphatic heterocycles. The average Bonchev–Trinajstić information content (AvgIpc) is 3.43. The smallest absolute Gasteiger partial charge is 0.249 e. The summed E-state index contributed by atoms with van der Waals surface area (Å²) in [5.74, 6) is -0.687. The molecule has 1 rings (SSSR count). The lowest BCUT2D eigenvalue weighted by Gasteiger charge is -2.40. The van der Waals surface area contributed by atoms with Crippen LogP contribution in [0.4, 0.5) is 0 Å². The minimum Gasteiger partial charge on any atom is -0.394 e. The summed E-state index contributed by atoms with van der Waals surface area (Å²) in [7, 11) is 0. The molecule has 11 heteroatoms. The molecule has 0 aromatic heterocycles. The first kappa shape index (κ1) is 74.1. The molecule has 0 aromatic rings. The molecule has 1 saturated heterocycles. The largest absolute Gasteiger partial charge is 0.394 e. The number of aliphatic hydroxyl groups excluding tert-OH is 7. The fourth-order valence-corrected chi connectivity index (χ4v) is 11.4. The first-order valence-corrected chi connectivity index (χ1v) is 33.9. The first-order valence-electron chi connectivity index (χ1n) is 33.9. The molecule has 0 spiro atoms. The first-order chi connectivity index (χ1) is 37.7. The van der Waals surface area contributed by atoms with E-state index in [-0.39, 0.29) is 6.42 Å². The average molecular weight is 1100 g/mol. The van der Waals surface area contributed by atoms with Gasteiger partial charge in [0.2, 0.25) is 5.91 Å². The molecule has 9 unspecified atom stereocenters. The van der Waals surface area contributed by atoms with Crippen LogP contribution in [0.15, 0.2) is 0 Å². The Morgan fingerprint density at radius 3 is 0.961 bits per heavy atom. The van der Waals surface area contributed by atoms with Crippen LogP contribution in [0.2, 0.25) is 0 Å². The number of ether oxygens (including phenoxy) is 2. The minimum absolute atomic E-state index is 0.268. The van der Waals surface area contributed by atoms with Crippen LogP contribution in [-0.2, 0) is 14.3 Å². The minimum atomic E-state index is -1.66. The predicted molar refractivity (Wildman–Crippen MR) is 321 cm³/mol. The van der Waals surface area contributed by atoms with Crippen molar-refractivity contribution in [1.82, 2.24) is 5.32 Å². The summed E-state index contributed by atoms with van der Waals surface area (Å²) in [6.07, 6.45) is 54.6. The van der Waals surface area contributed by atoms with Crippen molar-refractivity contribution in [2.24, 2.45) is 0 Å². The van der Waals surface area contributed by atoms with Crippen molar-refractivity contribution in [3.05, 3.63) is 0 Å². The maximum Gasteiger partial charge on any atom is 0.249 e. The van der Waals surface area contributed by atoms with Crippen LogP contribution in [0.1, 0.15) is 348 Å². The molecule has 1 fully saturated rings. The van der Waals surface area contributed by atoms with E-state index in [1.54, 1.807) is 0 Å². The van der Waals surface area contributed by atoms with Gasteiger partial charge in [0.15, 0.2) is 6.29 Å². The van der Waals surface area contributed by atoms with Crippen LogP contribution >= 0.6 is 0 Å². The molecule has 0 bridgehead atoms. The molecule has 1 aliphatic rings. The van der Waals surface area contributed by atoms with Crippen molar-refractivity contribution in [3.63, 3.8) is 0 Å². The zero-order valence-electron chi connectivity index (χ0n) is 50.7. The molecule has 1 heterocycles. The standard InChI is InChI=1S/C66H131NO10/c1-3-5-7-9-11-13-15-17-19-21-23-25-27-28-29-30-31-32-34-36-38-40-42-44-46-48-50-52-54-59(70)65(75)67-57(56-76-66-64(74)63(73)62(72)60(55-68)77-66)61(71)58(69)53-51-49-47-45-43-41-39-37-35-33-26-24-22-20-18-16-14-12-10-8-6-4-2/h57-64,66,68-74H,3-56H2,1-2H3,(H,67,75). The summed E-state index contributed by atoms with van der Waals surface area (Å²) < 4.78 is 11.2. The number of aliphatic hydroxyl groups is 7. The van der Waals surface area contributed by atoms with E-state index in [0.717, 1.165) is 38.5 Å². The lowest BCUT2D eigenvalue weighted by atomic mass is 9.98. The van der Waals surface area contributed by atoms with Gasteiger partial charge < -0.3 is 50.5 Å². The Kier molecular flexibility index (Phi) is 53.6. The Balaban J connectivity index is 2.20. The van der Waals surface area contributed by atoms with Crippen molar-refractivity contribution in [1.29, 1.82) is 0 Å². The van der Waals surface area contributed by atoms with Gasteiger partial charge in [0.25, 0.3) is 0 Å². The van der Waals surface area contributed by atoms with Gasteiger partial charge in [-0.2, -0.15) is 0 Å². The monoisotopic (exact) mass is 1100 g/mol. The van der Waals surface area contributed by atoms with Gasteiger partial charge in [-0.05, 0) is 12.8 Å². The maximum atomic E-state index is 13.2. The van der Waals surface area contributed by atoms with Crippen LogP contribution in [0, 0.1) is 0 Å². The number of hydrogen-bond acceptors (Lipinski definition) is 10. The highest BCUT2D eigenvalue weighted by molar-refractivity contribution is 5.80. The molecule has 77 heavy (non-hydrogen) atoms. The molecular weight excluding hydrogens is 967 g/mol. The molecule has 0 aliphatic carbocycles. The van der Waals surface area contributed by atoms with E-state index in [9.17, 15) is 40.5 Å². The molecule has 0 radical (unpaired) electrons. The number of carbonyl (C=O) groups excluding carboxylic acids is 1. The van der Waals surface area contributed by atoms with Crippen molar-refractivity contribution in [2.45, 2.75) is 403 Å².